The van der Waals surface area contributed by atoms with Crippen LogP contribution in [-0.4, -0.2) is 26.2 Å². The molecule has 2 aromatic heterocycles. The van der Waals surface area contributed by atoms with Crippen LogP contribution in [0.15, 0.2) is 56.8 Å². The largest absolute Gasteiger partial charge is 0.338 e. The molecule has 1 aliphatic carbocycles. The molecule has 0 radical (unpaired) electrons. The maximum atomic E-state index is 14.8. The van der Waals surface area contributed by atoms with Crippen molar-refractivity contribution in [3.05, 3.63) is 90.6 Å². The lowest BCUT2D eigenvalue weighted by Gasteiger charge is -2.21. The van der Waals surface area contributed by atoms with Crippen LogP contribution in [0, 0.1) is 19.7 Å². The summed E-state index contributed by atoms with van der Waals surface area (Å²) in [4.78, 5) is 53.3. The minimum atomic E-state index is -0.593. The van der Waals surface area contributed by atoms with Crippen LogP contribution >= 0.6 is 0 Å². The van der Waals surface area contributed by atoms with Gasteiger partial charge in [0.2, 0.25) is 5.91 Å². The van der Waals surface area contributed by atoms with Crippen molar-refractivity contribution in [1.82, 2.24) is 13.7 Å². The van der Waals surface area contributed by atoms with Crippen LogP contribution in [0.4, 0.5) is 21.6 Å². The second-order valence-corrected chi connectivity index (χ2v) is 9.83. The highest BCUT2D eigenvalue weighted by Crippen LogP contribution is 2.34. The Bertz CT molecular complexity index is 1820. The van der Waals surface area contributed by atoms with E-state index in [2.05, 4.69) is 10.6 Å². The van der Waals surface area contributed by atoms with Gasteiger partial charge in [-0.15, -0.1) is 0 Å². The predicted octanol–water partition coefficient (Wildman–Crippen LogP) is 4.00. The Balaban J connectivity index is 0.00000189. The number of rotatable bonds is 7. The molecule has 0 unspecified atom stereocenters. The fraction of sp³-hybridized carbons (Fsp3) is 0.333. The molecule has 2 heterocycles. The number of carbonyl (C=O) groups is 1. The van der Waals surface area contributed by atoms with Crippen LogP contribution in [0.25, 0.3) is 16.6 Å². The van der Waals surface area contributed by atoms with E-state index in [9.17, 15) is 23.6 Å². The summed E-state index contributed by atoms with van der Waals surface area (Å²) in [6, 6.07) is 10.9. The van der Waals surface area contributed by atoms with Crippen molar-refractivity contribution >= 4 is 34.0 Å². The molecule has 41 heavy (non-hydrogen) atoms. The summed E-state index contributed by atoms with van der Waals surface area (Å²) in [6.45, 7) is 7.48. The molecule has 0 bridgehead atoms. The highest BCUT2D eigenvalue weighted by Gasteiger charge is 2.31. The van der Waals surface area contributed by atoms with E-state index in [-0.39, 0.29) is 52.9 Å². The van der Waals surface area contributed by atoms with Crippen molar-refractivity contribution in [2.45, 2.75) is 53.0 Å². The van der Waals surface area contributed by atoms with E-state index >= 15 is 0 Å². The number of anilines is 3. The molecule has 2 aromatic carbocycles. The molecule has 4 N–H and O–H groups in total. The molecule has 0 aliphatic heterocycles. The second kappa shape index (κ2) is 11.9. The number of hydrogen-bond donors (Lipinski definition) is 3. The first-order valence-corrected chi connectivity index (χ1v) is 13.7. The van der Waals surface area contributed by atoms with Gasteiger partial charge in [0.05, 0.1) is 16.9 Å². The summed E-state index contributed by atoms with van der Waals surface area (Å²) in [5, 5.41) is 5.78. The maximum Gasteiger partial charge on any atom is 0.336 e. The van der Waals surface area contributed by atoms with Gasteiger partial charge < -0.3 is 16.4 Å². The first-order chi connectivity index (χ1) is 19.6. The molecule has 1 fully saturated rings. The van der Waals surface area contributed by atoms with E-state index in [0.29, 0.717) is 29.8 Å². The molecule has 0 saturated heterocycles. The molecule has 1 aliphatic rings. The number of nitrogens with one attached hydrogen (secondary N) is 2. The monoisotopic (exact) mass is 562 g/mol. The number of hydrogen-bond acceptors (Lipinski definition) is 6. The summed E-state index contributed by atoms with van der Waals surface area (Å²) in [6.07, 6.45) is 1.45. The Hall–Kier alpha value is -4.51. The summed E-state index contributed by atoms with van der Waals surface area (Å²) < 4.78 is 18.6. The Morgan fingerprint density at radius 3 is 2.39 bits per heavy atom. The van der Waals surface area contributed by atoms with E-state index < -0.39 is 22.6 Å². The maximum absolute atomic E-state index is 14.8. The van der Waals surface area contributed by atoms with Gasteiger partial charge in [-0.3, -0.25) is 28.1 Å². The van der Waals surface area contributed by atoms with Gasteiger partial charge in [-0.05, 0) is 62.6 Å². The minimum Gasteiger partial charge on any atom is -0.338 e. The molecule has 5 rings (SSSR count). The van der Waals surface area contributed by atoms with Crippen molar-refractivity contribution in [2.75, 3.05) is 17.2 Å². The van der Waals surface area contributed by atoms with Crippen LogP contribution in [0.2, 0.25) is 0 Å². The second-order valence-electron chi connectivity index (χ2n) is 9.83. The van der Waals surface area contributed by atoms with Crippen molar-refractivity contribution in [2.24, 2.45) is 12.8 Å². The molecule has 11 heteroatoms. The third-order valence-corrected chi connectivity index (χ3v) is 6.89. The zero-order valence-corrected chi connectivity index (χ0v) is 23.9. The van der Waals surface area contributed by atoms with Crippen LogP contribution in [-0.2, 0) is 11.8 Å². The van der Waals surface area contributed by atoms with E-state index in [1.54, 1.807) is 44.2 Å². The average Bonchev–Trinajstić information content (AvgIpc) is 3.78. The van der Waals surface area contributed by atoms with Gasteiger partial charge in [0, 0.05) is 37.3 Å². The van der Waals surface area contributed by atoms with Crippen LogP contribution in [0.1, 0.15) is 50.3 Å². The van der Waals surface area contributed by atoms with Gasteiger partial charge in [0.25, 0.3) is 11.1 Å². The lowest BCUT2D eigenvalue weighted by molar-refractivity contribution is -0.116. The summed E-state index contributed by atoms with van der Waals surface area (Å²) in [5.74, 6) is -0.761. The normalized spacial score (nSPS) is 12.6. The Morgan fingerprint density at radius 1 is 1.05 bits per heavy atom. The molecule has 1 amide bonds. The third-order valence-electron chi connectivity index (χ3n) is 6.89. The van der Waals surface area contributed by atoms with Gasteiger partial charge >= 0.3 is 5.69 Å². The van der Waals surface area contributed by atoms with Crippen molar-refractivity contribution in [1.29, 1.82) is 0 Å². The molecular weight excluding hydrogens is 527 g/mol. The lowest BCUT2D eigenvalue weighted by atomic mass is 10.1. The number of nitrogens with two attached hydrogens (primary N) is 1. The number of nitrogens with zero attached hydrogens (tertiary/aromatic N) is 3. The van der Waals surface area contributed by atoms with Gasteiger partial charge in [-0.2, -0.15) is 0 Å². The number of pyridine rings is 1. The first-order valence-electron chi connectivity index (χ1n) is 13.7. The number of fused-ring (bicyclic) bond motifs is 1. The van der Waals surface area contributed by atoms with E-state index in [1.807, 2.05) is 13.8 Å². The zero-order valence-electron chi connectivity index (χ0n) is 23.9. The molecule has 0 spiro atoms. The molecule has 0 atom stereocenters. The summed E-state index contributed by atoms with van der Waals surface area (Å²) in [7, 11) is 1.49. The van der Waals surface area contributed by atoms with Gasteiger partial charge in [-0.1, -0.05) is 26.0 Å². The van der Waals surface area contributed by atoms with Crippen LogP contribution in [0.5, 0.6) is 0 Å². The summed E-state index contributed by atoms with van der Waals surface area (Å²) >= 11 is 0. The number of aromatic nitrogens is 3. The van der Waals surface area contributed by atoms with Gasteiger partial charge in [-0.25, -0.2) is 9.18 Å². The van der Waals surface area contributed by atoms with E-state index in [0.717, 1.165) is 0 Å². The number of benzene rings is 2. The van der Waals surface area contributed by atoms with Crippen molar-refractivity contribution < 1.29 is 9.18 Å². The number of halogens is 1. The van der Waals surface area contributed by atoms with Crippen LogP contribution in [0.3, 0.4) is 0 Å². The average molecular weight is 563 g/mol. The van der Waals surface area contributed by atoms with E-state index in [1.165, 1.54) is 32.9 Å². The molecule has 216 valence electrons. The molecule has 1 saturated carbocycles. The fourth-order valence-corrected chi connectivity index (χ4v) is 4.78. The third kappa shape index (κ3) is 5.58. The topological polar surface area (TPSA) is 133 Å². The summed E-state index contributed by atoms with van der Waals surface area (Å²) in [5.41, 5.74) is 5.74. The molecular formula is C30H35FN6O4. The SMILES string of the molecule is CC.Cc1ccc(Nc2c3c(=O)n(C4CC4)c(=O)n(-c4cccc(NC(=O)CCN)c4)c3c(C)c(=O)n2C)c(F)c1. The highest BCUT2D eigenvalue weighted by molar-refractivity contribution is 5.94. The quantitative estimate of drug-likeness (QED) is 0.312. The first kappa shape index (κ1) is 29.5. The lowest BCUT2D eigenvalue weighted by Crippen LogP contribution is -2.41. The van der Waals surface area contributed by atoms with Crippen molar-refractivity contribution in [3.8, 4) is 5.69 Å². The zero-order chi connectivity index (χ0) is 30.0. The van der Waals surface area contributed by atoms with Crippen LogP contribution < -0.4 is 33.2 Å². The number of amides is 1. The smallest absolute Gasteiger partial charge is 0.336 e. The molecule has 4 aromatic rings. The fourth-order valence-electron chi connectivity index (χ4n) is 4.78. The number of aryl methyl sites for hydroxylation is 2. The van der Waals surface area contributed by atoms with E-state index in [4.69, 9.17) is 5.73 Å². The van der Waals surface area contributed by atoms with Gasteiger partial charge in [0.15, 0.2) is 0 Å². The number of carbonyl (C=O) groups excluding carboxylic acids is 1. The Labute approximate surface area is 236 Å². The minimum absolute atomic E-state index is 0.0731. The van der Waals surface area contributed by atoms with Crippen molar-refractivity contribution in [3.63, 3.8) is 0 Å². The standard InChI is InChI=1S/C28H29FN6O4.C2H6/c1-15-7-10-21(20(29)13-15)32-25-23-24(16(2)26(37)33(25)3)34(28(39)35(27(23)38)18-8-9-18)19-6-4-5-17(14-19)31-22(36)11-12-30;1-2/h4-7,10,13-14,18,32H,8-9,11-12,30H2,1-3H3,(H,31,36);1-2H3. The Kier molecular flexibility index (Phi) is 8.57. The molecule has 10 nitrogen and oxygen atoms in total. The highest BCUT2D eigenvalue weighted by atomic mass is 19.1. The Morgan fingerprint density at radius 2 is 1.76 bits per heavy atom. The van der Waals surface area contributed by atoms with Gasteiger partial charge in [0.1, 0.15) is 17.0 Å². The predicted molar refractivity (Wildman–Crippen MR) is 160 cm³/mol.